The van der Waals surface area contributed by atoms with Crippen LogP contribution in [0.2, 0.25) is 0 Å². The van der Waals surface area contributed by atoms with Gasteiger partial charge in [-0.2, -0.15) is 0 Å². The third-order valence-corrected chi connectivity index (χ3v) is 3.99. The van der Waals surface area contributed by atoms with Gasteiger partial charge in [-0.3, -0.25) is 0 Å². The van der Waals surface area contributed by atoms with Crippen molar-refractivity contribution >= 4 is 0 Å². The molecule has 6 nitrogen and oxygen atoms in total. The molecule has 0 aromatic rings. The molecular formula is C16H33NO5. The lowest BCUT2D eigenvalue weighted by atomic mass is 10.0. The van der Waals surface area contributed by atoms with Crippen LogP contribution >= 0.6 is 0 Å². The second-order valence-corrected chi connectivity index (χ2v) is 6.55. The van der Waals surface area contributed by atoms with Crippen molar-refractivity contribution in [3.05, 3.63) is 0 Å². The first-order valence-electron chi connectivity index (χ1n) is 8.45. The summed E-state index contributed by atoms with van der Waals surface area (Å²) in [6.45, 7) is 8.64. The van der Waals surface area contributed by atoms with E-state index in [2.05, 4.69) is 19.2 Å². The Balaban J connectivity index is 2.02. The first-order chi connectivity index (χ1) is 10.4. The maximum Gasteiger partial charge on any atom is 0.186 e. The molecule has 4 N–H and O–H groups in total. The zero-order chi connectivity index (χ0) is 16.5. The molecule has 0 aromatic carbocycles. The van der Waals surface area contributed by atoms with Crippen molar-refractivity contribution in [2.75, 3.05) is 19.7 Å². The monoisotopic (exact) mass is 319 g/mol. The van der Waals surface area contributed by atoms with Crippen molar-refractivity contribution in [1.82, 2.24) is 5.32 Å². The second-order valence-electron chi connectivity index (χ2n) is 6.55. The van der Waals surface area contributed by atoms with Crippen LogP contribution in [0.5, 0.6) is 0 Å². The quantitative estimate of drug-likeness (QED) is 0.442. The highest BCUT2D eigenvalue weighted by atomic mass is 16.7. The zero-order valence-corrected chi connectivity index (χ0v) is 14.1. The van der Waals surface area contributed by atoms with Gasteiger partial charge in [-0.25, -0.2) is 0 Å². The fourth-order valence-corrected chi connectivity index (χ4v) is 2.40. The van der Waals surface area contributed by atoms with Gasteiger partial charge in [0.25, 0.3) is 0 Å². The average Bonchev–Trinajstić information content (AvgIpc) is 2.48. The van der Waals surface area contributed by atoms with Gasteiger partial charge in [-0.1, -0.05) is 13.8 Å². The minimum Gasteiger partial charge on any atom is -0.388 e. The molecule has 0 unspecified atom stereocenters. The van der Waals surface area contributed by atoms with Gasteiger partial charge in [0.2, 0.25) is 0 Å². The van der Waals surface area contributed by atoms with Crippen molar-refractivity contribution in [3.8, 4) is 0 Å². The molecule has 1 rings (SSSR count). The van der Waals surface area contributed by atoms with Gasteiger partial charge in [-0.05, 0) is 51.6 Å². The average molecular weight is 319 g/mol. The Kier molecular flexibility index (Phi) is 9.47. The molecule has 0 radical (unpaired) electrons. The smallest absolute Gasteiger partial charge is 0.186 e. The summed E-state index contributed by atoms with van der Waals surface area (Å²) < 4.78 is 10.8. The van der Waals surface area contributed by atoms with Gasteiger partial charge in [0.05, 0.1) is 6.10 Å². The van der Waals surface area contributed by atoms with E-state index in [1.807, 2.05) is 0 Å². The fraction of sp³-hybridized carbons (Fsp3) is 1.00. The molecule has 0 bridgehead atoms. The van der Waals surface area contributed by atoms with Crippen molar-refractivity contribution in [2.45, 2.75) is 77.2 Å². The van der Waals surface area contributed by atoms with E-state index in [0.717, 1.165) is 38.3 Å². The number of ether oxygens (including phenoxy) is 2. The Labute approximate surface area is 133 Å². The molecule has 1 heterocycles. The summed E-state index contributed by atoms with van der Waals surface area (Å²) in [4.78, 5) is 0. The van der Waals surface area contributed by atoms with E-state index in [1.165, 1.54) is 6.42 Å². The van der Waals surface area contributed by atoms with Crippen molar-refractivity contribution < 1.29 is 24.8 Å². The molecular weight excluding hydrogens is 286 g/mol. The first-order valence-corrected chi connectivity index (χ1v) is 8.45. The van der Waals surface area contributed by atoms with Crippen LogP contribution in [-0.4, -0.2) is 65.7 Å². The van der Waals surface area contributed by atoms with Crippen molar-refractivity contribution in [1.29, 1.82) is 0 Å². The van der Waals surface area contributed by atoms with Crippen LogP contribution in [0.25, 0.3) is 0 Å². The van der Waals surface area contributed by atoms with Gasteiger partial charge in [0.1, 0.15) is 18.3 Å². The van der Waals surface area contributed by atoms with Gasteiger partial charge in [-0.15, -0.1) is 0 Å². The predicted molar refractivity (Wildman–Crippen MR) is 84.5 cm³/mol. The predicted octanol–water partition coefficient (Wildman–Crippen LogP) is 0.636. The highest BCUT2D eigenvalue weighted by Gasteiger charge is 2.42. The summed E-state index contributed by atoms with van der Waals surface area (Å²) in [6, 6.07) is 0. The lowest BCUT2D eigenvalue weighted by molar-refractivity contribution is -0.293. The summed E-state index contributed by atoms with van der Waals surface area (Å²) >= 11 is 0. The minimum atomic E-state index is -1.22. The molecule has 5 atom stereocenters. The molecule has 0 saturated carbocycles. The van der Waals surface area contributed by atoms with Crippen LogP contribution in [0.15, 0.2) is 0 Å². The SMILES string of the molecule is CC(C)CCNCCCCCO[C@H]1O[C@@H](C)[C@@H](O)[C@@H](O)[C@@H]1O. The molecule has 6 heteroatoms. The molecule has 1 fully saturated rings. The number of rotatable bonds is 10. The second kappa shape index (κ2) is 10.5. The van der Waals surface area contributed by atoms with Gasteiger partial charge in [0, 0.05) is 6.61 Å². The highest BCUT2D eigenvalue weighted by Crippen LogP contribution is 2.21. The van der Waals surface area contributed by atoms with Crippen LogP contribution in [0.1, 0.15) is 46.5 Å². The zero-order valence-electron chi connectivity index (χ0n) is 14.1. The topological polar surface area (TPSA) is 91.2 Å². The van der Waals surface area contributed by atoms with E-state index in [4.69, 9.17) is 9.47 Å². The Morgan fingerprint density at radius 2 is 1.73 bits per heavy atom. The van der Waals surface area contributed by atoms with E-state index in [0.29, 0.717) is 6.61 Å². The summed E-state index contributed by atoms with van der Waals surface area (Å²) in [5.74, 6) is 0.735. The highest BCUT2D eigenvalue weighted by molar-refractivity contribution is 4.87. The summed E-state index contributed by atoms with van der Waals surface area (Å²) in [5.41, 5.74) is 0. The molecule has 0 aliphatic carbocycles. The number of aliphatic hydroxyl groups excluding tert-OH is 3. The number of nitrogens with one attached hydrogen (secondary N) is 1. The van der Waals surface area contributed by atoms with Gasteiger partial charge >= 0.3 is 0 Å². The number of hydrogen-bond donors (Lipinski definition) is 4. The van der Waals surface area contributed by atoms with E-state index >= 15 is 0 Å². The number of aliphatic hydroxyl groups is 3. The minimum absolute atomic E-state index is 0.475. The number of unbranched alkanes of at least 4 members (excludes halogenated alkanes) is 2. The maximum atomic E-state index is 9.80. The molecule has 0 aromatic heterocycles. The molecule has 132 valence electrons. The van der Waals surface area contributed by atoms with Crippen LogP contribution in [-0.2, 0) is 9.47 Å². The Morgan fingerprint density at radius 1 is 1.00 bits per heavy atom. The lowest BCUT2D eigenvalue weighted by Gasteiger charge is -2.38. The third kappa shape index (κ3) is 6.89. The molecule has 1 aliphatic heterocycles. The van der Waals surface area contributed by atoms with Crippen LogP contribution in [0.3, 0.4) is 0 Å². The molecule has 1 saturated heterocycles. The van der Waals surface area contributed by atoms with Crippen LogP contribution in [0.4, 0.5) is 0 Å². The summed E-state index contributed by atoms with van der Waals surface area (Å²) in [6.07, 6.45) is -0.704. The largest absolute Gasteiger partial charge is 0.388 e. The van der Waals surface area contributed by atoms with E-state index < -0.39 is 30.7 Å². The maximum absolute atomic E-state index is 9.80. The Hall–Kier alpha value is -0.240. The molecule has 0 amide bonds. The lowest BCUT2D eigenvalue weighted by Crippen LogP contribution is -2.57. The van der Waals surface area contributed by atoms with Gasteiger partial charge in [0.15, 0.2) is 6.29 Å². The van der Waals surface area contributed by atoms with Crippen LogP contribution < -0.4 is 5.32 Å². The molecule has 22 heavy (non-hydrogen) atoms. The summed E-state index contributed by atoms with van der Waals surface area (Å²) in [7, 11) is 0. The van der Waals surface area contributed by atoms with E-state index in [1.54, 1.807) is 6.92 Å². The van der Waals surface area contributed by atoms with Crippen molar-refractivity contribution in [3.63, 3.8) is 0 Å². The van der Waals surface area contributed by atoms with Crippen molar-refractivity contribution in [2.24, 2.45) is 5.92 Å². The van der Waals surface area contributed by atoms with Gasteiger partial charge < -0.3 is 30.1 Å². The summed E-state index contributed by atoms with van der Waals surface area (Å²) in [5, 5.41) is 32.5. The first kappa shape index (κ1) is 19.8. The van der Waals surface area contributed by atoms with E-state index in [9.17, 15) is 15.3 Å². The van der Waals surface area contributed by atoms with Crippen LogP contribution in [0, 0.1) is 5.92 Å². The van der Waals surface area contributed by atoms with E-state index in [-0.39, 0.29) is 0 Å². The molecule has 0 spiro atoms. The fourth-order valence-electron chi connectivity index (χ4n) is 2.40. The normalized spacial score (nSPS) is 32.6. The molecule has 1 aliphatic rings. The number of hydrogen-bond acceptors (Lipinski definition) is 6. The standard InChI is InChI=1S/C16H33NO5/c1-11(2)7-9-17-8-5-4-6-10-21-16-15(20)14(19)13(18)12(3)22-16/h11-20H,4-10H2,1-3H3/t12-,13+,14+,15-,16-/m0/s1. The Morgan fingerprint density at radius 3 is 2.41 bits per heavy atom. The Bertz CT molecular complexity index is 290. The third-order valence-electron chi connectivity index (χ3n) is 3.99.